The highest BCUT2D eigenvalue weighted by atomic mass is 16.5. The van der Waals surface area contributed by atoms with Crippen molar-refractivity contribution in [2.24, 2.45) is 17.8 Å². The third-order valence-corrected chi connectivity index (χ3v) is 7.99. The summed E-state index contributed by atoms with van der Waals surface area (Å²) in [4.78, 5) is 27.3. The molecule has 162 valence electrons. The highest BCUT2D eigenvalue weighted by Crippen LogP contribution is 2.54. The van der Waals surface area contributed by atoms with E-state index in [0.717, 1.165) is 23.3 Å². The lowest BCUT2D eigenvalue weighted by atomic mass is 9.53. The van der Waals surface area contributed by atoms with E-state index in [2.05, 4.69) is 5.32 Å². The molecule has 1 atom stereocenters. The van der Waals surface area contributed by atoms with Gasteiger partial charge in [0, 0.05) is 25.8 Å². The van der Waals surface area contributed by atoms with Crippen molar-refractivity contribution in [3.63, 3.8) is 0 Å². The molecule has 0 unspecified atom stereocenters. The molecule has 6 heteroatoms. The fraction of sp³-hybridized carbons (Fsp3) is 0.667. The molecule has 1 heterocycles. The van der Waals surface area contributed by atoms with E-state index in [0.29, 0.717) is 30.9 Å². The Morgan fingerprint density at radius 1 is 1.00 bits per heavy atom. The number of likely N-dealkylation sites (tertiary alicyclic amines) is 1. The molecular formula is C24H33N2O4+. The van der Waals surface area contributed by atoms with Crippen LogP contribution in [-0.4, -0.2) is 49.1 Å². The molecule has 4 aliphatic carbocycles. The molecular weight excluding hydrogens is 380 g/mol. The molecule has 5 aliphatic rings. The van der Waals surface area contributed by atoms with Gasteiger partial charge in [0.2, 0.25) is 5.91 Å². The van der Waals surface area contributed by atoms with E-state index >= 15 is 0 Å². The molecule has 0 aromatic heterocycles. The number of rotatable bonds is 7. The number of hydrogen-bond acceptors (Lipinski definition) is 4. The lowest BCUT2D eigenvalue weighted by Crippen LogP contribution is -3.03. The Kier molecular flexibility index (Phi) is 5.00. The van der Waals surface area contributed by atoms with Gasteiger partial charge in [-0.05, 0) is 61.1 Å². The van der Waals surface area contributed by atoms with E-state index in [9.17, 15) is 9.59 Å². The number of nitrogens with zero attached hydrogens (tertiary/aromatic N) is 1. The largest absolute Gasteiger partial charge is 0.493 e. The van der Waals surface area contributed by atoms with Crippen LogP contribution >= 0.6 is 0 Å². The smallest absolute Gasteiger partial charge is 0.287 e. The molecule has 5 fully saturated rings. The number of carbonyl (C=O) groups is 2. The van der Waals surface area contributed by atoms with Gasteiger partial charge < -0.3 is 14.8 Å². The van der Waals surface area contributed by atoms with Crippen molar-refractivity contribution >= 4 is 11.8 Å². The van der Waals surface area contributed by atoms with Crippen molar-refractivity contribution in [1.29, 1.82) is 0 Å². The number of hydrogen-bond donors (Lipinski definition) is 1. The maximum absolute atomic E-state index is 13.1. The summed E-state index contributed by atoms with van der Waals surface area (Å²) in [6, 6.07) is 5.53. The van der Waals surface area contributed by atoms with Gasteiger partial charge in [-0.2, -0.15) is 0 Å². The van der Waals surface area contributed by atoms with Crippen LogP contribution in [0.3, 0.4) is 0 Å². The Bertz CT molecular complexity index is 816. The zero-order chi connectivity index (χ0) is 20.9. The van der Waals surface area contributed by atoms with E-state index in [1.165, 1.54) is 43.4 Å². The van der Waals surface area contributed by atoms with Crippen LogP contribution in [0.1, 0.15) is 50.5 Å². The minimum atomic E-state index is -0.223. The molecule has 0 radical (unpaired) electrons. The maximum atomic E-state index is 13.1. The highest BCUT2D eigenvalue weighted by Gasteiger charge is 2.56. The minimum absolute atomic E-state index is 0.0104. The predicted molar refractivity (Wildman–Crippen MR) is 111 cm³/mol. The molecule has 2 amide bonds. The fourth-order valence-corrected chi connectivity index (χ4v) is 7.16. The maximum Gasteiger partial charge on any atom is 0.287 e. The van der Waals surface area contributed by atoms with Crippen LogP contribution < -0.4 is 14.8 Å². The zero-order valence-corrected chi connectivity index (χ0v) is 18.1. The second kappa shape index (κ2) is 7.56. The van der Waals surface area contributed by atoms with Crippen molar-refractivity contribution in [2.75, 3.05) is 20.8 Å². The van der Waals surface area contributed by atoms with Crippen molar-refractivity contribution < 1.29 is 24.4 Å². The summed E-state index contributed by atoms with van der Waals surface area (Å²) in [5, 5.41) is 2.33. The number of amides is 2. The van der Waals surface area contributed by atoms with Gasteiger partial charge in [-0.25, -0.2) is 0 Å². The molecule has 1 saturated heterocycles. The van der Waals surface area contributed by atoms with Crippen LogP contribution in [0.2, 0.25) is 0 Å². The first-order valence-electron chi connectivity index (χ1n) is 11.4. The first-order valence-corrected chi connectivity index (χ1v) is 11.4. The number of quaternary nitrogens is 1. The summed E-state index contributed by atoms with van der Waals surface area (Å²) in [7, 11) is 3.22. The number of nitrogens with two attached hydrogens (primary N) is 1. The lowest BCUT2D eigenvalue weighted by molar-refractivity contribution is -0.755. The SMILES string of the molecule is COc1ccc(CCN2C(=O)C[C@H]([NH2+]C34CC5CC(CC(C5)C3)C4)C2=O)cc1OC. The van der Waals surface area contributed by atoms with Gasteiger partial charge in [0.1, 0.15) is 0 Å². The van der Waals surface area contributed by atoms with Crippen LogP contribution in [0.5, 0.6) is 11.5 Å². The summed E-state index contributed by atoms with van der Waals surface area (Å²) in [6.45, 7) is 0.429. The number of benzene rings is 1. The van der Waals surface area contributed by atoms with Crippen LogP contribution in [0.15, 0.2) is 18.2 Å². The quantitative estimate of drug-likeness (QED) is 0.693. The summed E-state index contributed by atoms with van der Waals surface area (Å²) in [5.41, 5.74) is 1.25. The van der Waals surface area contributed by atoms with Gasteiger partial charge in [0.05, 0.1) is 26.2 Å². The molecule has 1 aliphatic heterocycles. The van der Waals surface area contributed by atoms with Crippen molar-refractivity contribution in [3.8, 4) is 11.5 Å². The van der Waals surface area contributed by atoms with E-state index < -0.39 is 0 Å². The predicted octanol–water partition coefficient (Wildman–Crippen LogP) is 1.91. The molecule has 1 aromatic carbocycles. The van der Waals surface area contributed by atoms with Gasteiger partial charge in [-0.15, -0.1) is 0 Å². The Labute approximate surface area is 178 Å². The molecule has 2 N–H and O–H groups in total. The lowest BCUT2D eigenvalue weighted by Gasteiger charge is -2.55. The number of imide groups is 1. The first-order chi connectivity index (χ1) is 14.5. The van der Waals surface area contributed by atoms with Gasteiger partial charge in [-0.1, -0.05) is 6.07 Å². The number of ether oxygens (including phenoxy) is 2. The average molecular weight is 414 g/mol. The standard InChI is InChI=1S/C24H32N2O4/c1-29-20-4-3-15(10-21(20)30-2)5-6-26-22(27)11-19(23(26)28)25-24-12-16-7-17(13-24)9-18(8-16)14-24/h3-4,10,16-19,25H,5-9,11-14H2,1-2H3/p+1/t16?,17?,18?,19-,24?/m0/s1. The Hall–Kier alpha value is -2.08. The van der Waals surface area contributed by atoms with Crippen molar-refractivity contribution in [1.82, 2.24) is 4.90 Å². The zero-order valence-electron chi connectivity index (χ0n) is 18.1. The van der Waals surface area contributed by atoms with Crippen LogP contribution in [0.4, 0.5) is 0 Å². The first kappa shape index (κ1) is 19.9. The number of methoxy groups -OCH3 is 2. The second-order valence-electron chi connectivity index (χ2n) is 10.1. The van der Waals surface area contributed by atoms with Crippen LogP contribution in [0, 0.1) is 17.8 Å². The van der Waals surface area contributed by atoms with Gasteiger partial charge in [-0.3, -0.25) is 14.5 Å². The highest BCUT2D eigenvalue weighted by molar-refractivity contribution is 6.04. The summed E-state index contributed by atoms with van der Waals surface area (Å²) >= 11 is 0. The molecule has 1 aromatic rings. The van der Waals surface area contributed by atoms with Gasteiger partial charge in [0.15, 0.2) is 17.5 Å². The van der Waals surface area contributed by atoms with Crippen LogP contribution in [0.25, 0.3) is 0 Å². The third kappa shape index (κ3) is 3.49. The third-order valence-electron chi connectivity index (χ3n) is 7.99. The monoisotopic (exact) mass is 413 g/mol. The molecule has 4 saturated carbocycles. The van der Waals surface area contributed by atoms with Gasteiger partial charge >= 0.3 is 0 Å². The Balaban J connectivity index is 1.23. The van der Waals surface area contributed by atoms with E-state index in [-0.39, 0.29) is 23.4 Å². The Morgan fingerprint density at radius 2 is 1.63 bits per heavy atom. The molecule has 4 bridgehead atoms. The molecule has 0 spiro atoms. The van der Waals surface area contributed by atoms with Crippen molar-refractivity contribution in [2.45, 2.75) is 62.9 Å². The Morgan fingerprint density at radius 3 is 2.23 bits per heavy atom. The molecule has 6 nitrogen and oxygen atoms in total. The summed E-state index contributed by atoms with van der Waals surface area (Å²) in [5.74, 6) is 3.88. The van der Waals surface area contributed by atoms with Gasteiger partial charge in [0.25, 0.3) is 5.91 Å². The van der Waals surface area contributed by atoms with Crippen LogP contribution in [-0.2, 0) is 16.0 Å². The second-order valence-corrected chi connectivity index (χ2v) is 10.1. The summed E-state index contributed by atoms with van der Waals surface area (Å²) < 4.78 is 10.6. The summed E-state index contributed by atoms with van der Waals surface area (Å²) in [6.07, 6.45) is 8.87. The topological polar surface area (TPSA) is 72.5 Å². The van der Waals surface area contributed by atoms with E-state index in [1.807, 2.05) is 18.2 Å². The molecule has 6 rings (SSSR count). The van der Waals surface area contributed by atoms with E-state index in [1.54, 1.807) is 14.2 Å². The normalized spacial score (nSPS) is 34.7. The van der Waals surface area contributed by atoms with E-state index in [4.69, 9.17) is 9.47 Å². The fourth-order valence-electron chi connectivity index (χ4n) is 7.16. The minimum Gasteiger partial charge on any atom is -0.493 e. The van der Waals surface area contributed by atoms with Crippen molar-refractivity contribution in [3.05, 3.63) is 23.8 Å². The average Bonchev–Trinajstić information content (AvgIpc) is 2.97. The molecule has 30 heavy (non-hydrogen) atoms. The number of carbonyl (C=O) groups excluding carboxylic acids is 2.